The maximum atomic E-state index is 5.77. The first-order valence-corrected chi connectivity index (χ1v) is 6.96. The first-order chi connectivity index (χ1) is 8.97. The molecule has 1 heterocycles. The number of nitrogen functional groups attached to an aromatic ring is 1. The van der Waals surface area contributed by atoms with Gasteiger partial charge in [0.2, 0.25) is 5.95 Å². The molecular formula is C15H24N4. The Kier molecular flexibility index (Phi) is 3.98. The molecule has 0 saturated carbocycles. The molecule has 104 valence electrons. The Labute approximate surface area is 114 Å². The number of aromatic amines is 1. The van der Waals surface area contributed by atoms with E-state index in [1.165, 1.54) is 0 Å². The average Bonchev–Trinajstić information content (AvgIpc) is 2.70. The zero-order chi connectivity index (χ0) is 14.0. The van der Waals surface area contributed by atoms with Gasteiger partial charge in [0.1, 0.15) is 0 Å². The maximum absolute atomic E-state index is 5.77. The summed E-state index contributed by atoms with van der Waals surface area (Å²) in [7, 11) is 0. The van der Waals surface area contributed by atoms with Crippen molar-refractivity contribution in [2.45, 2.75) is 27.7 Å². The summed E-state index contributed by atoms with van der Waals surface area (Å²) >= 11 is 0. The summed E-state index contributed by atoms with van der Waals surface area (Å²) in [6.45, 7) is 10.0. The van der Waals surface area contributed by atoms with E-state index in [9.17, 15) is 0 Å². The van der Waals surface area contributed by atoms with Crippen LogP contribution < -0.4 is 11.1 Å². The Morgan fingerprint density at radius 3 is 2.53 bits per heavy atom. The number of fused-ring (bicyclic) bond motifs is 1. The summed E-state index contributed by atoms with van der Waals surface area (Å²) in [5, 5.41) is 3.41. The van der Waals surface area contributed by atoms with Crippen molar-refractivity contribution in [2.75, 3.05) is 17.6 Å². The highest BCUT2D eigenvalue weighted by Crippen LogP contribution is 2.22. The summed E-state index contributed by atoms with van der Waals surface area (Å²) in [6.07, 6.45) is 0. The van der Waals surface area contributed by atoms with Crippen LogP contribution in [0.3, 0.4) is 0 Å². The van der Waals surface area contributed by atoms with Crippen LogP contribution in [0.25, 0.3) is 11.0 Å². The molecule has 0 aliphatic rings. The summed E-state index contributed by atoms with van der Waals surface area (Å²) < 4.78 is 0. The van der Waals surface area contributed by atoms with E-state index in [-0.39, 0.29) is 0 Å². The molecule has 0 aliphatic carbocycles. The van der Waals surface area contributed by atoms with Gasteiger partial charge in [-0.15, -0.1) is 0 Å². The lowest BCUT2D eigenvalue weighted by Gasteiger charge is -2.24. The number of imidazole rings is 1. The second kappa shape index (κ2) is 5.51. The lowest BCUT2D eigenvalue weighted by Crippen LogP contribution is -2.24. The number of aromatic nitrogens is 2. The van der Waals surface area contributed by atoms with Gasteiger partial charge in [-0.25, -0.2) is 4.98 Å². The molecule has 1 aromatic carbocycles. The number of H-pyrrole nitrogens is 1. The Morgan fingerprint density at radius 2 is 1.89 bits per heavy atom. The molecule has 0 unspecified atom stereocenters. The molecule has 0 aliphatic heterocycles. The molecule has 0 bridgehead atoms. The normalized spacial score (nSPS) is 11.9. The van der Waals surface area contributed by atoms with E-state index in [1.807, 2.05) is 18.2 Å². The van der Waals surface area contributed by atoms with Crippen LogP contribution in [0.15, 0.2) is 18.2 Å². The van der Waals surface area contributed by atoms with Gasteiger partial charge in [0.15, 0.2) is 0 Å². The highest BCUT2D eigenvalue weighted by molar-refractivity contribution is 5.80. The van der Waals surface area contributed by atoms with Crippen LogP contribution in [0.5, 0.6) is 0 Å². The van der Waals surface area contributed by atoms with Gasteiger partial charge in [-0.2, -0.15) is 0 Å². The van der Waals surface area contributed by atoms with Crippen LogP contribution in [-0.2, 0) is 0 Å². The van der Waals surface area contributed by atoms with E-state index in [4.69, 9.17) is 5.73 Å². The third kappa shape index (κ3) is 3.19. The van der Waals surface area contributed by atoms with Gasteiger partial charge in [0.05, 0.1) is 11.0 Å². The van der Waals surface area contributed by atoms with Gasteiger partial charge in [0, 0.05) is 12.2 Å². The molecule has 2 aromatic rings. The second-order valence-corrected chi connectivity index (χ2v) is 5.89. The summed E-state index contributed by atoms with van der Waals surface area (Å²) in [5.74, 6) is 2.78. The number of nitrogens with two attached hydrogens (primary N) is 1. The number of anilines is 2. The monoisotopic (exact) mass is 260 g/mol. The van der Waals surface area contributed by atoms with Crippen molar-refractivity contribution in [1.82, 2.24) is 9.97 Å². The van der Waals surface area contributed by atoms with Crippen molar-refractivity contribution in [1.29, 1.82) is 0 Å². The second-order valence-electron chi connectivity index (χ2n) is 5.89. The smallest absolute Gasteiger partial charge is 0.201 e. The number of nitrogens with zero attached hydrogens (tertiary/aromatic N) is 1. The van der Waals surface area contributed by atoms with Crippen molar-refractivity contribution in [3.05, 3.63) is 18.2 Å². The highest BCUT2D eigenvalue weighted by Gasteiger charge is 2.17. The topological polar surface area (TPSA) is 66.7 Å². The predicted molar refractivity (Wildman–Crippen MR) is 82.2 cm³/mol. The SMILES string of the molecule is CC(C)C(CNc1nc2ccc(N)cc2[nH]1)C(C)C. The van der Waals surface area contributed by atoms with E-state index >= 15 is 0 Å². The fraction of sp³-hybridized carbons (Fsp3) is 0.533. The van der Waals surface area contributed by atoms with Crippen LogP contribution in [0.2, 0.25) is 0 Å². The minimum atomic E-state index is 0.637. The maximum Gasteiger partial charge on any atom is 0.201 e. The summed E-state index contributed by atoms with van der Waals surface area (Å²) in [5.41, 5.74) is 8.45. The molecule has 2 rings (SSSR count). The largest absolute Gasteiger partial charge is 0.399 e. The molecule has 0 radical (unpaired) electrons. The average molecular weight is 260 g/mol. The zero-order valence-corrected chi connectivity index (χ0v) is 12.2. The molecule has 4 N–H and O–H groups in total. The minimum absolute atomic E-state index is 0.637. The van der Waals surface area contributed by atoms with E-state index < -0.39 is 0 Å². The van der Waals surface area contributed by atoms with Gasteiger partial charge < -0.3 is 16.0 Å². The first kappa shape index (κ1) is 13.7. The minimum Gasteiger partial charge on any atom is -0.399 e. The van der Waals surface area contributed by atoms with Gasteiger partial charge >= 0.3 is 0 Å². The van der Waals surface area contributed by atoms with Crippen molar-refractivity contribution < 1.29 is 0 Å². The molecule has 4 heteroatoms. The number of hydrogen-bond donors (Lipinski definition) is 3. The van der Waals surface area contributed by atoms with Crippen molar-refractivity contribution >= 4 is 22.7 Å². The predicted octanol–water partition coefficient (Wildman–Crippen LogP) is 3.49. The zero-order valence-electron chi connectivity index (χ0n) is 12.2. The van der Waals surface area contributed by atoms with Crippen molar-refractivity contribution in [3.8, 4) is 0 Å². The van der Waals surface area contributed by atoms with Crippen LogP contribution in [0.4, 0.5) is 11.6 Å². The van der Waals surface area contributed by atoms with E-state index in [2.05, 4.69) is 43.0 Å². The number of benzene rings is 1. The van der Waals surface area contributed by atoms with E-state index in [0.717, 1.165) is 29.2 Å². The number of nitrogens with one attached hydrogen (secondary N) is 2. The number of hydrogen-bond acceptors (Lipinski definition) is 3. The Bertz CT molecular complexity index is 534. The Balaban J connectivity index is 2.09. The lowest BCUT2D eigenvalue weighted by molar-refractivity contribution is 0.304. The molecule has 0 amide bonds. The van der Waals surface area contributed by atoms with E-state index in [1.54, 1.807) is 0 Å². The molecular weight excluding hydrogens is 236 g/mol. The molecule has 19 heavy (non-hydrogen) atoms. The summed E-state index contributed by atoms with van der Waals surface area (Å²) in [4.78, 5) is 7.79. The Morgan fingerprint density at radius 1 is 1.21 bits per heavy atom. The van der Waals surface area contributed by atoms with Crippen LogP contribution >= 0.6 is 0 Å². The van der Waals surface area contributed by atoms with Crippen molar-refractivity contribution in [2.24, 2.45) is 17.8 Å². The lowest BCUT2D eigenvalue weighted by atomic mass is 9.85. The molecule has 0 saturated heterocycles. The third-order valence-corrected chi connectivity index (χ3v) is 3.72. The van der Waals surface area contributed by atoms with Gasteiger partial charge in [-0.1, -0.05) is 27.7 Å². The first-order valence-electron chi connectivity index (χ1n) is 6.96. The van der Waals surface area contributed by atoms with Crippen LogP contribution in [-0.4, -0.2) is 16.5 Å². The van der Waals surface area contributed by atoms with Crippen LogP contribution in [0.1, 0.15) is 27.7 Å². The quantitative estimate of drug-likeness (QED) is 0.721. The highest BCUT2D eigenvalue weighted by atomic mass is 15.1. The fourth-order valence-electron chi connectivity index (χ4n) is 2.57. The van der Waals surface area contributed by atoms with E-state index in [0.29, 0.717) is 17.8 Å². The van der Waals surface area contributed by atoms with Gasteiger partial charge in [-0.3, -0.25) is 0 Å². The van der Waals surface area contributed by atoms with Crippen molar-refractivity contribution in [3.63, 3.8) is 0 Å². The summed E-state index contributed by atoms with van der Waals surface area (Å²) in [6, 6.07) is 5.72. The third-order valence-electron chi connectivity index (χ3n) is 3.72. The molecule has 0 fully saturated rings. The number of rotatable bonds is 5. The van der Waals surface area contributed by atoms with Gasteiger partial charge in [-0.05, 0) is 36.0 Å². The molecule has 4 nitrogen and oxygen atoms in total. The standard InChI is InChI=1S/C15H24N4/c1-9(2)12(10(3)4)8-17-15-18-13-6-5-11(16)7-14(13)19-15/h5-7,9-10,12H,8,16H2,1-4H3,(H2,17,18,19). The molecule has 0 atom stereocenters. The fourth-order valence-corrected chi connectivity index (χ4v) is 2.57. The molecule has 1 aromatic heterocycles. The van der Waals surface area contributed by atoms with Gasteiger partial charge in [0.25, 0.3) is 0 Å². The molecule has 0 spiro atoms. The Hall–Kier alpha value is -1.71. The van der Waals surface area contributed by atoms with Crippen LogP contribution in [0, 0.1) is 17.8 Å².